The van der Waals surface area contributed by atoms with Gasteiger partial charge in [0.2, 0.25) is 0 Å². The topological polar surface area (TPSA) is 61.4 Å². The van der Waals surface area contributed by atoms with Crippen molar-refractivity contribution in [1.82, 2.24) is 14.3 Å². The second kappa shape index (κ2) is 8.09. The highest BCUT2D eigenvalue weighted by molar-refractivity contribution is 7.87. The SMILES string of the molecule is CCCCC(CCC)NS(=O)(=O)N1CCNCC1. The molecule has 1 fully saturated rings. The molecule has 0 spiro atoms. The first-order chi connectivity index (χ1) is 8.60. The molecule has 108 valence electrons. The van der Waals surface area contributed by atoms with Crippen LogP contribution in [0.1, 0.15) is 46.0 Å². The Hall–Kier alpha value is -0.170. The summed E-state index contributed by atoms with van der Waals surface area (Å²) in [6, 6.07) is 0.0924. The van der Waals surface area contributed by atoms with Crippen LogP contribution in [0.4, 0.5) is 0 Å². The smallest absolute Gasteiger partial charge is 0.279 e. The molecule has 18 heavy (non-hydrogen) atoms. The summed E-state index contributed by atoms with van der Waals surface area (Å²) in [5.74, 6) is 0. The maximum atomic E-state index is 12.2. The van der Waals surface area contributed by atoms with Crippen LogP contribution in [0.15, 0.2) is 0 Å². The lowest BCUT2D eigenvalue weighted by atomic mass is 10.1. The number of nitrogens with one attached hydrogen (secondary N) is 2. The van der Waals surface area contributed by atoms with Crippen LogP contribution in [-0.4, -0.2) is 44.9 Å². The van der Waals surface area contributed by atoms with E-state index in [1.807, 2.05) is 0 Å². The standard InChI is InChI=1S/C12H27N3O2S/c1-3-5-7-12(6-4-2)14-18(16,17)15-10-8-13-9-11-15/h12-14H,3-11H2,1-2H3. The second-order valence-corrected chi connectivity index (χ2v) is 6.60. The van der Waals surface area contributed by atoms with E-state index in [-0.39, 0.29) is 6.04 Å². The van der Waals surface area contributed by atoms with Crippen molar-refractivity contribution in [3.8, 4) is 0 Å². The van der Waals surface area contributed by atoms with E-state index in [9.17, 15) is 8.42 Å². The Bertz CT molecular complexity index is 313. The van der Waals surface area contributed by atoms with Crippen molar-refractivity contribution in [2.45, 2.75) is 52.0 Å². The third kappa shape index (κ3) is 5.22. The van der Waals surface area contributed by atoms with Crippen LogP contribution in [0.3, 0.4) is 0 Å². The summed E-state index contributed by atoms with van der Waals surface area (Å²) in [5.41, 5.74) is 0. The fraction of sp³-hybridized carbons (Fsp3) is 1.00. The van der Waals surface area contributed by atoms with Gasteiger partial charge >= 0.3 is 0 Å². The largest absolute Gasteiger partial charge is 0.314 e. The Kier molecular flexibility index (Phi) is 7.14. The average molecular weight is 277 g/mol. The van der Waals surface area contributed by atoms with E-state index in [1.165, 1.54) is 0 Å². The third-order valence-corrected chi connectivity index (χ3v) is 4.95. The second-order valence-electron chi connectivity index (χ2n) is 4.90. The van der Waals surface area contributed by atoms with Crippen LogP contribution in [0.2, 0.25) is 0 Å². The maximum Gasteiger partial charge on any atom is 0.279 e. The van der Waals surface area contributed by atoms with Crippen molar-refractivity contribution in [3.63, 3.8) is 0 Å². The van der Waals surface area contributed by atoms with E-state index < -0.39 is 10.2 Å². The first kappa shape index (κ1) is 15.9. The lowest BCUT2D eigenvalue weighted by Crippen LogP contribution is -2.52. The van der Waals surface area contributed by atoms with E-state index in [2.05, 4.69) is 23.9 Å². The summed E-state index contributed by atoms with van der Waals surface area (Å²) in [4.78, 5) is 0. The fourth-order valence-electron chi connectivity index (χ4n) is 2.23. The molecule has 5 nitrogen and oxygen atoms in total. The molecule has 0 aromatic rings. The Balaban J connectivity index is 2.53. The minimum atomic E-state index is -3.29. The molecule has 0 bridgehead atoms. The molecule has 1 unspecified atom stereocenters. The fourth-order valence-corrected chi connectivity index (χ4v) is 3.70. The Morgan fingerprint density at radius 2 is 1.83 bits per heavy atom. The predicted octanol–water partition coefficient (Wildman–Crippen LogP) is 1.08. The van der Waals surface area contributed by atoms with Crippen LogP contribution in [0.5, 0.6) is 0 Å². The van der Waals surface area contributed by atoms with Gasteiger partial charge in [0.25, 0.3) is 10.2 Å². The highest BCUT2D eigenvalue weighted by atomic mass is 32.2. The Morgan fingerprint density at radius 3 is 2.39 bits per heavy atom. The van der Waals surface area contributed by atoms with Crippen molar-refractivity contribution in [1.29, 1.82) is 0 Å². The summed E-state index contributed by atoms with van der Waals surface area (Å²) < 4.78 is 28.9. The van der Waals surface area contributed by atoms with Gasteiger partial charge in [-0.3, -0.25) is 0 Å². The van der Waals surface area contributed by atoms with Gasteiger partial charge in [-0.1, -0.05) is 33.1 Å². The molecule has 1 heterocycles. The number of unbranched alkanes of at least 4 members (excludes halogenated alkanes) is 1. The third-order valence-electron chi connectivity index (χ3n) is 3.27. The number of hydrogen-bond acceptors (Lipinski definition) is 3. The molecule has 0 aromatic heterocycles. The lowest BCUT2D eigenvalue weighted by Gasteiger charge is -2.29. The number of hydrogen-bond donors (Lipinski definition) is 2. The molecule has 1 aliphatic heterocycles. The normalized spacial score (nSPS) is 19.9. The Labute approximate surface area is 112 Å². The molecule has 1 saturated heterocycles. The predicted molar refractivity (Wildman–Crippen MR) is 74.7 cm³/mol. The van der Waals surface area contributed by atoms with Crippen LogP contribution < -0.4 is 10.0 Å². The molecule has 0 saturated carbocycles. The molecule has 6 heteroatoms. The van der Waals surface area contributed by atoms with Crippen molar-refractivity contribution >= 4 is 10.2 Å². The molecule has 0 radical (unpaired) electrons. The number of piperazine rings is 1. The maximum absolute atomic E-state index is 12.2. The minimum absolute atomic E-state index is 0.0924. The molecule has 1 rings (SSSR count). The van der Waals surface area contributed by atoms with Gasteiger partial charge in [-0.15, -0.1) is 0 Å². The highest BCUT2D eigenvalue weighted by Crippen LogP contribution is 2.10. The van der Waals surface area contributed by atoms with Crippen molar-refractivity contribution < 1.29 is 8.42 Å². The van der Waals surface area contributed by atoms with E-state index in [1.54, 1.807) is 4.31 Å². The zero-order chi connectivity index (χ0) is 13.4. The van der Waals surface area contributed by atoms with Gasteiger partial charge in [-0.25, -0.2) is 0 Å². The van der Waals surface area contributed by atoms with E-state index in [4.69, 9.17) is 0 Å². The molecular weight excluding hydrogens is 250 g/mol. The first-order valence-corrected chi connectivity index (χ1v) is 8.52. The van der Waals surface area contributed by atoms with Crippen molar-refractivity contribution in [2.75, 3.05) is 26.2 Å². The molecule has 2 N–H and O–H groups in total. The first-order valence-electron chi connectivity index (χ1n) is 7.08. The van der Waals surface area contributed by atoms with E-state index >= 15 is 0 Å². The summed E-state index contributed by atoms with van der Waals surface area (Å²) in [7, 11) is -3.29. The van der Waals surface area contributed by atoms with Gasteiger partial charge in [0.1, 0.15) is 0 Å². The van der Waals surface area contributed by atoms with Gasteiger partial charge in [-0.05, 0) is 12.8 Å². The quantitative estimate of drug-likeness (QED) is 0.698. The lowest BCUT2D eigenvalue weighted by molar-refractivity contribution is 0.347. The molecule has 1 aliphatic rings. The zero-order valence-corrected chi connectivity index (χ0v) is 12.4. The average Bonchev–Trinajstić information content (AvgIpc) is 2.37. The molecule has 1 atom stereocenters. The summed E-state index contributed by atoms with van der Waals surface area (Å²) in [6.07, 6.45) is 5.06. The van der Waals surface area contributed by atoms with Gasteiger partial charge in [-0.2, -0.15) is 17.4 Å². The van der Waals surface area contributed by atoms with Gasteiger partial charge in [0.15, 0.2) is 0 Å². The van der Waals surface area contributed by atoms with Gasteiger partial charge < -0.3 is 5.32 Å². The van der Waals surface area contributed by atoms with Crippen LogP contribution in [-0.2, 0) is 10.2 Å². The molecular formula is C12H27N3O2S. The van der Waals surface area contributed by atoms with E-state index in [0.29, 0.717) is 13.1 Å². The van der Waals surface area contributed by atoms with Gasteiger partial charge in [0.05, 0.1) is 0 Å². The van der Waals surface area contributed by atoms with Crippen LogP contribution in [0.25, 0.3) is 0 Å². The van der Waals surface area contributed by atoms with E-state index in [0.717, 1.165) is 45.2 Å². The number of nitrogens with zero attached hydrogens (tertiary/aromatic N) is 1. The molecule has 0 amide bonds. The van der Waals surface area contributed by atoms with Crippen LogP contribution >= 0.6 is 0 Å². The summed E-state index contributed by atoms with van der Waals surface area (Å²) >= 11 is 0. The van der Waals surface area contributed by atoms with Crippen molar-refractivity contribution in [2.24, 2.45) is 0 Å². The summed E-state index contributed by atoms with van der Waals surface area (Å²) in [5, 5.41) is 3.17. The monoisotopic (exact) mass is 277 g/mol. The molecule has 0 aromatic carbocycles. The zero-order valence-electron chi connectivity index (χ0n) is 11.6. The van der Waals surface area contributed by atoms with Gasteiger partial charge in [0, 0.05) is 32.2 Å². The summed E-state index contributed by atoms with van der Waals surface area (Å²) in [6.45, 7) is 6.86. The number of rotatable bonds is 8. The highest BCUT2D eigenvalue weighted by Gasteiger charge is 2.25. The Morgan fingerprint density at radius 1 is 1.17 bits per heavy atom. The minimum Gasteiger partial charge on any atom is -0.314 e. The molecule has 0 aliphatic carbocycles. The van der Waals surface area contributed by atoms with Crippen LogP contribution in [0, 0.1) is 0 Å². The van der Waals surface area contributed by atoms with Crippen molar-refractivity contribution in [3.05, 3.63) is 0 Å².